The number of anilines is 1. The zero-order valence-corrected chi connectivity index (χ0v) is 12.7. The third-order valence-electron chi connectivity index (χ3n) is 3.77. The van der Waals surface area contributed by atoms with E-state index in [-0.39, 0.29) is 0 Å². The molecule has 0 aliphatic rings. The average Bonchev–Trinajstić information content (AvgIpc) is 2.79. The highest BCUT2D eigenvalue weighted by Gasteiger charge is 2.08. The van der Waals surface area contributed by atoms with Crippen LogP contribution in [0.1, 0.15) is 22.6 Å². The molecule has 4 heteroatoms. The van der Waals surface area contributed by atoms with Crippen molar-refractivity contribution in [2.24, 2.45) is 0 Å². The van der Waals surface area contributed by atoms with Gasteiger partial charge in [-0.3, -0.25) is 4.98 Å². The lowest BCUT2D eigenvalue weighted by molar-refractivity contribution is 0.971. The van der Waals surface area contributed by atoms with E-state index >= 15 is 0 Å². The Morgan fingerprint density at radius 3 is 2.81 bits per heavy atom. The third kappa shape index (κ3) is 2.75. The van der Waals surface area contributed by atoms with E-state index in [0.29, 0.717) is 0 Å². The Morgan fingerprint density at radius 1 is 1.14 bits per heavy atom. The summed E-state index contributed by atoms with van der Waals surface area (Å²) in [5.74, 6) is 0.882. The summed E-state index contributed by atoms with van der Waals surface area (Å²) in [7, 11) is 0. The van der Waals surface area contributed by atoms with Gasteiger partial charge in [0, 0.05) is 29.3 Å². The van der Waals surface area contributed by atoms with Crippen LogP contribution in [0.2, 0.25) is 0 Å². The number of aromatic amines is 1. The van der Waals surface area contributed by atoms with Gasteiger partial charge in [-0.15, -0.1) is 0 Å². The Hall–Kier alpha value is -2.36. The number of aryl methyl sites for hydroxylation is 3. The van der Waals surface area contributed by atoms with Crippen molar-refractivity contribution in [3.8, 4) is 0 Å². The van der Waals surface area contributed by atoms with Crippen LogP contribution in [-0.2, 0) is 6.42 Å². The van der Waals surface area contributed by atoms with E-state index in [4.69, 9.17) is 0 Å². The molecule has 0 bridgehead atoms. The molecule has 0 aliphatic carbocycles. The van der Waals surface area contributed by atoms with Crippen LogP contribution in [0.3, 0.4) is 0 Å². The fourth-order valence-electron chi connectivity index (χ4n) is 2.67. The van der Waals surface area contributed by atoms with Crippen molar-refractivity contribution < 1.29 is 0 Å². The minimum Gasteiger partial charge on any atom is -0.368 e. The molecule has 0 saturated carbocycles. The summed E-state index contributed by atoms with van der Waals surface area (Å²) in [4.78, 5) is 12.3. The summed E-state index contributed by atoms with van der Waals surface area (Å²) in [6.07, 6.45) is 2.76. The van der Waals surface area contributed by atoms with Crippen molar-refractivity contribution in [1.82, 2.24) is 15.0 Å². The molecule has 1 aromatic carbocycles. The first-order chi connectivity index (χ1) is 10.1. The monoisotopic (exact) mass is 280 g/mol. The Kier molecular flexibility index (Phi) is 3.60. The van der Waals surface area contributed by atoms with E-state index in [1.54, 1.807) is 6.20 Å². The molecule has 0 unspecified atom stereocenters. The molecule has 2 heterocycles. The van der Waals surface area contributed by atoms with Gasteiger partial charge in [-0.25, -0.2) is 4.98 Å². The molecule has 0 aliphatic heterocycles. The molecule has 2 N–H and O–H groups in total. The summed E-state index contributed by atoms with van der Waals surface area (Å²) in [6, 6.07) is 8.44. The van der Waals surface area contributed by atoms with Gasteiger partial charge in [0.2, 0.25) is 0 Å². The zero-order valence-electron chi connectivity index (χ0n) is 12.7. The van der Waals surface area contributed by atoms with E-state index in [1.807, 2.05) is 13.8 Å². The summed E-state index contributed by atoms with van der Waals surface area (Å²) in [5.41, 5.74) is 5.69. The molecule has 3 aromatic rings. The Balaban J connectivity index is 1.75. The number of nitrogens with zero attached hydrogens (tertiary/aromatic N) is 2. The van der Waals surface area contributed by atoms with Gasteiger partial charge in [0.1, 0.15) is 5.82 Å². The second-order valence-corrected chi connectivity index (χ2v) is 5.40. The quantitative estimate of drug-likeness (QED) is 0.768. The van der Waals surface area contributed by atoms with Crippen LogP contribution < -0.4 is 5.32 Å². The van der Waals surface area contributed by atoms with Crippen LogP contribution in [0.4, 0.5) is 5.82 Å². The van der Waals surface area contributed by atoms with Gasteiger partial charge >= 0.3 is 0 Å². The number of fused-ring (bicyclic) bond motifs is 1. The van der Waals surface area contributed by atoms with E-state index in [9.17, 15) is 0 Å². The summed E-state index contributed by atoms with van der Waals surface area (Å²) < 4.78 is 0. The van der Waals surface area contributed by atoms with Crippen LogP contribution in [0, 0.1) is 20.8 Å². The molecular formula is C17H20N4. The van der Waals surface area contributed by atoms with Gasteiger partial charge in [0.15, 0.2) is 0 Å². The highest BCUT2D eigenvalue weighted by Crippen LogP contribution is 2.22. The van der Waals surface area contributed by atoms with Gasteiger partial charge in [-0.1, -0.05) is 18.2 Å². The maximum Gasteiger partial charge on any atom is 0.147 e. The zero-order chi connectivity index (χ0) is 14.8. The van der Waals surface area contributed by atoms with E-state index in [0.717, 1.165) is 30.2 Å². The van der Waals surface area contributed by atoms with Crippen LogP contribution in [0.25, 0.3) is 10.9 Å². The predicted octanol–water partition coefficient (Wildman–Crippen LogP) is 3.54. The summed E-state index contributed by atoms with van der Waals surface area (Å²) in [6.45, 7) is 6.92. The first-order valence-electron chi connectivity index (χ1n) is 7.25. The van der Waals surface area contributed by atoms with Crippen LogP contribution >= 0.6 is 0 Å². The van der Waals surface area contributed by atoms with Crippen LogP contribution in [0.5, 0.6) is 0 Å². The molecular weight excluding hydrogens is 260 g/mol. The number of hydrogen-bond acceptors (Lipinski definition) is 3. The largest absolute Gasteiger partial charge is 0.368 e. The molecule has 0 atom stereocenters. The molecule has 0 fully saturated rings. The van der Waals surface area contributed by atoms with E-state index < -0.39 is 0 Å². The van der Waals surface area contributed by atoms with Gasteiger partial charge in [0.05, 0.1) is 11.4 Å². The fourth-order valence-corrected chi connectivity index (χ4v) is 2.67. The summed E-state index contributed by atoms with van der Waals surface area (Å²) >= 11 is 0. The third-order valence-corrected chi connectivity index (χ3v) is 3.77. The predicted molar refractivity (Wildman–Crippen MR) is 86.7 cm³/mol. The van der Waals surface area contributed by atoms with E-state index in [1.165, 1.54) is 22.2 Å². The van der Waals surface area contributed by atoms with Crippen molar-refractivity contribution in [1.29, 1.82) is 0 Å². The molecule has 2 aromatic heterocycles. The molecule has 0 radical (unpaired) electrons. The van der Waals surface area contributed by atoms with Crippen molar-refractivity contribution in [3.63, 3.8) is 0 Å². The number of benzene rings is 1. The lowest BCUT2D eigenvalue weighted by atomic mass is 10.1. The SMILES string of the molecule is Cc1cnc(C)c(NCCc2c(C)[nH]c3ccccc23)n1. The van der Waals surface area contributed by atoms with Gasteiger partial charge in [-0.2, -0.15) is 0 Å². The lowest BCUT2D eigenvalue weighted by Crippen LogP contribution is -2.09. The summed E-state index contributed by atoms with van der Waals surface area (Å²) in [5, 5.41) is 4.71. The Bertz CT molecular complexity index is 774. The molecule has 0 spiro atoms. The fraction of sp³-hybridized carbons (Fsp3) is 0.294. The average molecular weight is 280 g/mol. The molecule has 4 nitrogen and oxygen atoms in total. The first-order valence-corrected chi connectivity index (χ1v) is 7.25. The molecule has 0 saturated heterocycles. The number of aromatic nitrogens is 3. The second-order valence-electron chi connectivity index (χ2n) is 5.40. The molecule has 0 amide bonds. The minimum absolute atomic E-state index is 0.849. The van der Waals surface area contributed by atoms with Crippen molar-refractivity contribution in [3.05, 3.63) is 53.1 Å². The van der Waals surface area contributed by atoms with Gasteiger partial charge < -0.3 is 10.3 Å². The van der Waals surface area contributed by atoms with Crippen molar-refractivity contribution >= 4 is 16.7 Å². The molecule has 108 valence electrons. The maximum atomic E-state index is 4.49. The minimum atomic E-state index is 0.849. The van der Waals surface area contributed by atoms with Crippen molar-refractivity contribution in [2.45, 2.75) is 27.2 Å². The number of H-pyrrole nitrogens is 1. The normalized spacial score (nSPS) is 11.0. The number of para-hydroxylation sites is 1. The van der Waals surface area contributed by atoms with Crippen molar-refractivity contribution in [2.75, 3.05) is 11.9 Å². The molecule has 3 rings (SSSR count). The number of rotatable bonds is 4. The maximum absolute atomic E-state index is 4.49. The standard InChI is InChI=1S/C17H20N4/c1-11-10-19-13(3)17(20-11)18-9-8-14-12(2)21-16-7-5-4-6-15(14)16/h4-7,10,21H,8-9H2,1-3H3,(H,18,20). The number of hydrogen-bond donors (Lipinski definition) is 2. The Morgan fingerprint density at radius 2 is 1.95 bits per heavy atom. The number of nitrogens with one attached hydrogen (secondary N) is 2. The first kappa shape index (κ1) is 13.6. The molecule has 21 heavy (non-hydrogen) atoms. The Labute approximate surface area is 124 Å². The van der Waals surface area contributed by atoms with E-state index in [2.05, 4.69) is 51.5 Å². The van der Waals surface area contributed by atoms with Crippen LogP contribution in [-0.4, -0.2) is 21.5 Å². The van der Waals surface area contributed by atoms with Gasteiger partial charge in [-0.05, 0) is 38.8 Å². The highest BCUT2D eigenvalue weighted by molar-refractivity contribution is 5.84. The van der Waals surface area contributed by atoms with Gasteiger partial charge in [0.25, 0.3) is 0 Å². The second kappa shape index (κ2) is 5.56. The smallest absolute Gasteiger partial charge is 0.147 e. The lowest BCUT2D eigenvalue weighted by Gasteiger charge is -2.08. The topological polar surface area (TPSA) is 53.6 Å². The van der Waals surface area contributed by atoms with Crippen LogP contribution in [0.15, 0.2) is 30.5 Å². The highest BCUT2D eigenvalue weighted by atomic mass is 15.0.